The lowest BCUT2D eigenvalue weighted by Crippen LogP contribution is -1.98. The monoisotopic (exact) mass is 113 g/mol. The highest BCUT2D eigenvalue weighted by atomic mass is 16.5. The van der Waals surface area contributed by atoms with Crippen molar-refractivity contribution in [1.29, 1.82) is 0 Å². The zero-order chi connectivity index (χ0) is 5.78. The van der Waals surface area contributed by atoms with Crippen LogP contribution in [0.2, 0.25) is 0 Å². The summed E-state index contributed by atoms with van der Waals surface area (Å²) in [5.74, 6) is -0.537. The Morgan fingerprint density at radius 2 is 2.25 bits per heavy atom. The molecule has 2 aliphatic rings. The lowest BCUT2D eigenvalue weighted by atomic mass is 10.4. The van der Waals surface area contributed by atoms with Gasteiger partial charge in [-0.25, -0.2) is 0 Å². The summed E-state index contributed by atoms with van der Waals surface area (Å²) in [7, 11) is 0. The predicted molar refractivity (Wildman–Crippen MR) is 27.4 cm³/mol. The smallest absolute Gasteiger partial charge is 0.307 e. The van der Waals surface area contributed by atoms with Gasteiger partial charge in [-0.1, -0.05) is 0 Å². The predicted octanol–water partition coefficient (Wildman–Crippen LogP) is 0.871. The van der Waals surface area contributed by atoms with Crippen LogP contribution in [0.3, 0.4) is 0 Å². The van der Waals surface area contributed by atoms with E-state index in [-0.39, 0.29) is 5.92 Å². The number of carboxylic acids is 1. The highest BCUT2D eigenvalue weighted by molar-refractivity contribution is 5.75. The average Bonchev–Trinajstić information content (AvgIpc) is 2.50. The highest BCUT2D eigenvalue weighted by Crippen LogP contribution is 2.70. The number of aliphatic carboxylic acids is 1. The van der Waals surface area contributed by atoms with E-state index in [2.05, 4.69) is 0 Å². The van der Waals surface area contributed by atoms with E-state index in [1.54, 1.807) is 0 Å². The van der Waals surface area contributed by atoms with E-state index in [9.17, 15) is 4.79 Å². The van der Waals surface area contributed by atoms with Gasteiger partial charge in [-0.2, -0.15) is 0 Å². The molecule has 0 aromatic heterocycles. The second kappa shape index (κ2) is 0.925. The van der Waals surface area contributed by atoms with Crippen molar-refractivity contribution in [3.8, 4) is 0 Å². The van der Waals surface area contributed by atoms with Gasteiger partial charge in [0, 0.05) is 0 Å². The minimum Gasteiger partial charge on any atom is -0.481 e. The summed E-state index contributed by atoms with van der Waals surface area (Å²) in [5, 5.41) is 8.43. The molecule has 2 heteroatoms. The summed E-state index contributed by atoms with van der Waals surface area (Å²) in [4.78, 5) is 10.2. The molecule has 0 aromatic rings. The molecule has 2 fully saturated rings. The standard InChI is InChI=1S/C6H8O2/c7-5(8)4-3-6(4)1-2-6/h4H,1-3H2,(H,7,8)/i5+1. The first-order valence-electron chi connectivity index (χ1n) is 2.97. The Hall–Kier alpha value is -0.530. The van der Waals surface area contributed by atoms with Crippen molar-refractivity contribution < 1.29 is 9.90 Å². The van der Waals surface area contributed by atoms with E-state index >= 15 is 0 Å². The fourth-order valence-corrected chi connectivity index (χ4v) is 1.41. The highest BCUT2D eigenvalue weighted by Gasteiger charge is 2.66. The summed E-state index contributed by atoms with van der Waals surface area (Å²) >= 11 is 0. The maximum absolute atomic E-state index is 10.2. The largest absolute Gasteiger partial charge is 0.481 e. The molecule has 44 valence electrons. The third kappa shape index (κ3) is 0.358. The van der Waals surface area contributed by atoms with E-state index < -0.39 is 5.97 Å². The van der Waals surface area contributed by atoms with Crippen molar-refractivity contribution in [3.63, 3.8) is 0 Å². The Labute approximate surface area is 47.5 Å². The number of hydrogen-bond donors (Lipinski definition) is 1. The molecule has 1 unspecified atom stereocenters. The van der Waals surface area contributed by atoms with Gasteiger partial charge in [0.1, 0.15) is 0 Å². The molecular formula is C6H8O2. The molecule has 2 rings (SSSR count). The first kappa shape index (κ1) is 4.36. The minimum atomic E-state index is -0.581. The van der Waals surface area contributed by atoms with Crippen LogP contribution in [0, 0.1) is 11.3 Å². The molecule has 2 aliphatic carbocycles. The second-order valence-corrected chi connectivity index (χ2v) is 2.96. The molecule has 2 saturated carbocycles. The third-order valence-electron chi connectivity index (χ3n) is 2.38. The topological polar surface area (TPSA) is 37.3 Å². The molecule has 0 aliphatic heterocycles. The van der Waals surface area contributed by atoms with Gasteiger partial charge in [0.25, 0.3) is 0 Å². The Morgan fingerprint density at radius 3 is 2.38 bits per heavy atom. The van der Waals surface area contributed by atoms with Gasteiger partial charge in [-0.05, 0) is 24.7 Å². The normalized spacial score (nSPS) is 37.2. The molecule has 0 aromatic carbocycles. The van der Waals surface area contributed by atoms with E-state index in [0.717, 1.165) is 6.42 Å². The van der Waals surface area contributed by atoms with Crippen LogP contribution in [-0.2, 0) is 4.79 Å². The van der Waals surface area contributed by atoms with E-state index in [0.29, 0.717) is 5.41 Å². The Balaban J connectivity index is 2.06. The number of hydrogen-bond acceptors (Lipinski definition) is 1. The maximum Gasteiger partial charge on any atom is 0.307 e. The Morgan fingerprint density at radius 1 is 1.62 bits per heavy atom. The quantitative estimate of drug-likeness (QED) is 0.512. The van der Waals surface area contributed by atoms with Crippen LogP contribution in [0.4, 0.5) is 0 Å². The van der Waals surface area contributed by atoms with Crippen molar-refractivity contribution in [2.45, 2.75) is 19.3 Å². The van der Waals surface area contributed by atoms with Crippen LogP contribution in [0.25, 0.3) is 0 Å². The second-order valence-electron chi connectivity index (χ2n) is 2.96. The van der Waals surface area contributed by atoms with Gasteiger partial charge in [-0.3, -0.25) is 4.79 Å². The van der Waals surface area contributed by atoms with Crippen molar-refractivity contribution in [1.82, 2.24) is 0 Å². The average molecular weight is 113 g/mol. The zero-order valence-corrected chi connectivity index (χ0v) is 4.55. The van der Waals surface area contributed by atoms with Crippen LogP contribution in [0.5, 0.6) is 0 Å². The van der Waals surface area contributed by atoms with Crippen LogP contribution in [-0.4, -0.2) is 11.1 Å². The lowest BCUT2D eigenvalue weighted by molar-refractivity contribution is -0.138. The Kier molecular flexibility index (Phi) is 0.504. The van der Waals surface area contributed by atoms with E-state index in [1.807, 2.05) is 0 Å². The molecule has 1 N–H and O–H groups in total. The summed E-state index contributed by atoms with van der Waals surface area (Å²) in [5.41, 5.74) is 0.339. The fraction of sp³-hybridized carbons (Fsp3) is 0.833. The van der Waals surface area contributed by atoms with Gasteiger partial charge in [0.05, 0.1) is 5.92 Å². The van der Waals surface area contributed by atoms with Crippen molar-refractivity contribution >= 4 is 5.97 Å². The van der Waals surface area contributed by atoms with Gasteiger partial charge >= 0.3 is 5.97 Å². The van der Waals surface area contributed by atoms with Gasteiger partial charge in [0.2, 0.25) is 0 Å². The summed E-state index contributed by atoms with van der Waals surface area (Å²) in [6.45, 7) is 0. The first-order valence-corrected chi connectivity index (χ1v) is 2.97. The molecule has 0 amide bonds. The Bertz CT molecular complexity index is 147. The van der Waals surface area contributed by atoms with Crippen LogP contribution < -0.4 is 0 Å². The minimum absolute atomic E-state index is 0.0440. The van der Waals surface area contributed by atoms with E-state index in [4.69, 9.17) is 5.11 Å². The van der Waals surface area contributed by atoms with Gasteiger partial charge in [-0.15, -0.1) is 0 Å². The molecule has 2 nitrogen and oxygen atoms in total. The third-order valence-corrected chi connectivity index (χ3v) is 2.38. The van der Waals surface area contributed by atoms with Crippen LogP contribution in [0.15, 0.2) is 0 Å². The van der Waals surface area contributed by atoms with Crippen LogP contribution >= 0.6 is 0 Å². The van der Waals surface area contributed by atoms with Crippen molar-refractivity contribution in [3.05, 3.63) is 0 Å². The molecule has 1 spiro atoms. The summed E-state index contributed by atoms with van der Waals surface area (Å²) in [6, 6.07) is 0. The lowest BCUT2D eigenvalue weighted by Gasteiger charge is -1.82. The SMILES string of the molecule is O=[13C](O)C1CC12CC2. The number of carboxylic acid groups (broad SMARTS) is 1. The fourth-order valence-electron chi connectivity index (χ4n) is 1.41. The van der Waals surface area contributed by atoms with Gasteiger partial charge < -0.3 is 5.11 Å². The molecular weight excluding hydrogens is 105 g/mol. The first-order chi connectivity index (χ1) is 3.75. The number of rotatable bonds is 1. The maximum atomic E-state index is 10.2. The van der Waals surface area contributed by atoms with E-state index in [1.165, 1.54) is 12.8 Å². The molecule has 1 atom stereocenters. The molecule has 0 saturated heterocycles. The molecule has 8 heavy (non-hydrogen) atoms. The molecule has 0 radical (unpaired) electrons. The van der Waals surface area contributed by atoms with Crippen molar-refractivity contribution in [2.75, 3.05) is 0 Å². The summed E-state index contributed by atoms with van der Waals surface area (Å²) in [6.07, 6.45) is 3.30. The summed E-state index contributed by atoms with van der Waals surface area (Å²) < 4.78 is 0. The molecule has 0 heterocycles. The van der Waals surface area contributed by atoms with Gasteiger partial charge in [0.15, 0.2) is 0 Å². The zero-order valence-electron chi connectivity index (χ0n) is 4.55. The number of carbonyl (C=O) groups is 1. The molecule has 0 bridgehead atoms. The van der Waals surface area contributed by atoms with Crippen LogP contribution in [0.1, 0.15) is 19.3 Å². The van der Waals surface area contributed by atoms with Crippen molar-refractivity contribution in [2.24, 2.45) is 11.3 Å².